The predicted molar refractivity (Wildman–Crippen MR) is 142 cm³/mol. The molecule has 5 nitrogen and oxygen atoms in total. The quantitative estimate of drug-likeness (QED) is 0.250. The van der Waals surface area contributed by atoms with Gasteiger partial charge in [0.05, 0.1) is 16.8 Å². The van der Waals surface area contributed by atoms with Crippen LogP contribution in [0.25, 0.3) is 16.3 Å². The molecule has 0 N–H and O–H groups in total. The van der Waals surface area contributed by atoms with Gasteiger partial charge in [-0.1, -0.05) is 108 Å². The van der Waals surface area contributed by atoms with Crippen molar-refractivity contribution in [2.45, 2.75) is 24.7 Å². The zero-order valence-electron chi connectivity index (χ0n) is 18.6. The van der Waals surface area contributed by atoms with Crippen LogP contribution >= 0.6 is 23.1 Å². The molecule has 0 aliphatic heterocycles. The van der Waals surface area contributed by atoms with Crippen LogP contribution in [0.15, 0.2) is 101 Å². The molecule has 5 aromatic rings. The summed E-state index contributed by atoms with van der Waals surface area (Å²) in [5.41, 5.74) is 3.38. The van der Waals surface area contributed by atoms with Crippen LogP contribution < -0.4 is 4.87 Å². The minimum atomic E-state index is 0.0267. The molecule has 0 amide bonds. The Morgan fingerprint density at radius 1 is 0.853 bits per heavy atom. The van der Waals surface area contributed by atoms with E-state index in [1.807, 2.05) is 48.5 Å². The summed E-state index contributed by atoms with van der Waals surface area (Å²) in [7, 11) is 0. The molecule has 0 atom stereocenters. The van der Waals surface area contributed by atoms with Gasteiger partial charge in [-0.3, -0.25) is 9.36 Å². The number of hydrogen-bond donors (Lipinski definition) is 0. The standard InChI is InChI=1S/C27H24N4OS2/c32-27-31(23-15-7-8-16-24(23)34-27)20-25-28-29-26(30(25)18-17-22-12-5-2-6-13-22)33-19-9-14-21-10-3-1-4-11-21/h1-16H,17-20H2/b14-9+. The van der Waals surface area contributed by atoms with E-state index < -0.39 is 0 Å². The molecule has 0 aliphatic rings. The fourth-order valence-corrected chi connectivity index (χ4v) is 5.51. The van der Waals surface area contributed by atoms with Crippen LogP contribution in [0.3, 0.4) is 0 Å². The molecule has 0 spiro atoms. The molecule has 0 saturated carbocycles. The Bertz CT molecular complexity index is 1450. The second-order valence-electron chi connectivity index (χ2n) is 7.83. The van der Waals surface area contributed by atoms with E-state index in [0.717, 1.165) is 39.9 Å². The second-order valence-corrected chi connectivity index (χ2v) is 9.81. The Labute approximate surface area is 206 Å². The highest BCUT2D eigenvalue weighted by Gasteiger charge is 2.16. The lowest BCUT2D eigenvalue weighted by Crippen LogP contribution is -2.18. The Morgan fingerprint density at radius 3 is 2.41 bits per heavy atom. The molecule has 0 radical (unpaired) electrons. The highest BCUT2D eigenvalue weighted by atomic mass is 32.2. The maximum absolute atomic E-state index is 12.7. The Kier molecular flexibility index (Phi) is 7.02. The number of thiazole rings is 1. The van der Waals surface area contributed by atoms with Crippen LogP contribution in [-0.4, -0.2) is 25.1 Å². The number of hydrogen-bond acceptors (Lipinski definition) is 5. The first-order chi connectivity index (χ1) is 16.8. The number of para-hydroxylation sites is 1. The van der Waals surface area contributed by atoms with Crippen molar-refractivity contribution in [2.24, 2.45) is 0 Å². The summed E-state index contributed by atoms with van der Waals surface area (Å²) in [5.74, 6) is 1.59. The largest absolute Gasteiger partial charge is 0.308 e. The molecular formula is C27H24N4OS2. The normalized spacial score (nSPS) is 11.5. The van der Waals surface area contributed by atoms with Crippen LogP contribution in [-0.2, 0) is 19.5 Å². The molecule has 7 heteroatoms. The number of rotatable bonds is 9. The lowest BCUT2D eigenvalue weighted by molar-refractivity contribution is 0.586. The van der Waals surface area contributed by atoms with Gasteiger partial charge in [-0.2, -0.15) is 0 Å². The van der Waals surface area contributed by atoms with Crippen LogP contribution in [0.1, 0.15) is 17.0 Å². The zero-order valence-corrected chi connectivity index (χ0v) is 20.2. The van der Waals surface area contributed by atoms with Crippen molar-refractivity contribution in [1.82, 2.24) is 19.3 Å². The van der Waals surface area contributed by atoms with E-state index in [1.54, 1.807) is 16.3 Å². The topological polar surface area (TPSA) is 52.7 Å². The first kappa shape index (κ1) is 22.4. The third kappa shape index (κ3) is 5.21. The van der Waals surface area contributed by atoms with E-state index >= 15 is 0 Å². The minimum Gasteiger partial charge on any atom is -0.304 e. The molecule has 0 fully saturated rings. The highest BCUT2D eigenvalue weighted by molar-refractivity contribution is 7.99. The third-order valence-electron chi connectivity index (χ3n) is 5.55. The number of aryl methyl sites for hydroxylation is 1. The maximum Gasteiger partial charge on any atom is 0.308 e. The van der Waals surface area contributed by atoms with Crippen molar-refractivity contribution in [3.05, 3.63) is 118 Å². The van der Waals surface area contributed by atoms with Gasteiger partial charge in [-0.05, 0) is 29.7 Å². The van der Waals surface area contributed by atoms with Crippen LogP contribution in [0.5, 0.6) is 0 Å². The van der Waals surface area contributed by atoms with Crippen LogP contribution in [0, 0.1) is 0 Å². The summed E-state index contributed by atoms with van der Waals surface area (Å²) in [4.78, 5) is 12.7. The fraction of sp³-hybridized carbons (Fsp3) is 0.148. The van der Waals surface area contributed by atoms with Crippen molar-refractivity contribution in [3.8, 4) is 0 Å². The molecule has 2 aromatic heterocycles. The zero-order chi connectivity index (χ0) is 23.2. The van der Waals surface area contributed by atoms with E-state index in [-0.39, 0.29) is 4.87 Å². The van der Waals surface area contributed by atoms with Gasteiger partial charge in [0, 0.05) is 12.3 Å². The molecule has 0 saturated heterocycles. The monoisotopic (exact) mass is 484 g/mol. The van der Waals surface area contributed by atoms with Gasteiger partial charge >= 0.3 is 4.87 Å². The summed E-state index contributed by atoms with van der Waals surface area (Å²) in [6.07, 6.45) is 5.14. The summed E-state index contributed by atoms with van der Waals surface area (Å²) in [6, 6.07) is 28.6. The molecule has 0 bridgehead atoms. The fourth-order valence-electron chi connectivity index (χ4n) is 3.83. The van der Waals surface area contributed by atoms with E-state index in [9.17, 15) is 4.79 Å². The minimum absolute atomic E-state index is 0.0267. The van der Waals surface area contributed by atoms with E-state index in [1.165, 1.54) is 22.5 Å². The molecule has 34 heavy (non-hydrogen) atoms. The SMILES string of the molecule is O=c1sc2ccccc2n1Cc1nnc(SC/C=C/c2ccccc2)n1CCc1ccccc1. The summed E-state index contributed by atoms with van der Waals surface area (Å²) < 4.78 is 4.95. The molecule has 0 aliphatic carbocycles. The van der Waals surface area contributed by atoms with Gasteiger partial charge in [0.1, 0.15) is 0 Å². The van der Waals surface area contributed by atoms with Crippen molar-refractivity contribution in [1.29, 1.82) is 0 Å². The lowest BCUT2D eigenvalue weighted by Gasteiger charge is -2.11. The van der Waals surface area contributed by atoms with Gasteiger partial charge in [0.15, 0.2) is 11.0 Å². The van der Waals surface area contributed by atoms with Gasteiger partial charge in [0.2, 0.25) is 0 Å². The molecule has 3 aromatic carbocycles. The third-order valence-corrected chi connectivity index (χ3v) is 7.43. The first-order valence-corrected chi connectivity index (χ1v) is 13.0. The Morgan fingerprint density at radius 2 is 1.59 bits per heavy atom. The van der Waals surface area contributed by atoms with Crippen molar-refractivity contribution in [2.75, 3.05) is 5.75 Å². The molecule has 170 valence electrons. The Hall–Kier alpha value is -3.42. The second kappa shape index (κ2) is 10.7. The predicted octanol–water partition coefficient (Wildman–Crippen LogP) is 5.75. The average Bonchev–Trinajstić information content (AvgIpc) is 3.41. The van der Waals surface area contributed by atoms with Crippen molar-refractivity contribution < 1.29 is 0 Å². The van der Waals surface area contributed by atoms with E-state index in [0.29, 0.717) is 6.54 Å². The summed E-state index contributed by atoms with van der Waals surface area (Å²) in [5, 5.41) is 9.87. The van der Waals surface area contributed by atoms with Gasteiger partial charge in [-0.15, -0.1) is 10.2 Å². The van der Waals surface area contributed by atoms with Gasteiger partial charge in [0.25, 0.3) is 0 Å². The number of thioether (sulfide) groups is 1. The smallest absolute Gasteiger partial charge is 0.304 e. The molecule has 5 rings (SSSR count). The number of benzene rings is 3. The van der Waals surface area contributed by atoms with Gasteiger partial charge < -0.3 is 4.57 Å². The summed E-state index contributed by atoms with van der Waals surface area (Å²) >= 11 is 2.93. The van der Waals surface area contributed by atoms with Crippen LogP contribution in [0.4, 0.5) is 0 Å². The van der Waals surface area contributed by atoms with E-state index in [4.69, 9.17) is 0 Å². The average molecular weight is 485 g/mol. The van der Waals surface area contributed by atoms with Crippen molar-refractivity contribution >= 4 is 39.4 Å². The highest BCUT2D eigenvalue weighted by Crippen LogP contribution is 2.21. The van der Waals surface area contributed by atoms with E-state index in [2.05, 4.69) is 63.3 Å². The first-order valence-electron chi connectivity index (χ1n) is 11.2. The van der Waals surface area contributed by atoms with Gasteiger partial charge in [-0.25, -0.2) is 0 Å². The molecule has 0 unspecified atom stereocenters. The molecule has 2 heterocycles. The van der Waals surface area contributed by atoms with Crippen LogP contribution in [0.2, 0.25) is 0 Å². The number of nitrogens with zero attached hydrogens (tertiary/aromatic N) is 4. The maximum atomic E-state index is 12.7. The number of aromatic nitrogens is 4. The summed E-state index contributed by atoms with van der Waals surface area (Å²) in [6.45, 7) is 1.17. The van der Waals surface area contributed by atoms with Crippen molar-refractivity contribution in [3.63, 3.8) is 0 Å². The Balaban J connectivity index is 1.39. The molecular weight excluding hydrogens is 460 g/mol. The number of fused-ring (bicyclic) bond motifs is 1. The lowest BCUT2D eigenvalue weighted by atomic mass is 10.1.